The Morgan fingerprint density at radius 1 is 0.830 bits per heavy atom. The van der Waals surface area contributed by atoms with E-state index in [4.69, 9.17) is 27.9 Å². The van der Waals surface area contributed by atoms with E-state index in [0.29, 0.717) is 27.1 Å². The Balaban J connectivity index is 1.46. The van der Waals surface area contributed by atoms with Crippen molar-refractivity contribution >= 4 is 50.7 Å². The summed E-state index contributed by atoms with van der Waals surface area (Å²) in [6.45, 7) is 1.11. The molecule has 1 aliphatic carbocycles. The van der Waals surface area contributed by atoms with Gasteiger partial charge in [-0.2, -0.15) is 0 Å². The quantitative estimate of drug-likeness (QED) is 0.163. The fourth-order valence-electron chi connectivity index (χ4n) is 5.54. The van der Waals surface area contributed by atoms with Crippen LogP contribution in [-0.4, -0.2) is 43.8 Å². The molecule has 0 saturated heterocycles. The van der Waals surface area contributed by atoms with Crippen molar-refractivity contribution in [2.75, 3.05) is 10.8 Å². The topological polar surface area (TPSA) is 96.0 Å². The molecule has 47 heavy (non-hydrogen) atoms. The maximum Gasteiger partial charge on any atom is 0.264 e. The van der Waals surface area contributed by atoms with Gasteiger partial charge in [-0.05, 0) is 86.0 Å². The standard InChI is InChI=1S/C36H37Cl2N3O5S/c1-26(36(43)39-28-11-5-2-6-12-28)40(24-27-17-22-33(37)34(38)23-27)35(42)25-41(47(44,45)32-15-9-4-10-16-32)29-18-20-31(21-19-29)46-30-13-7-3-8-14-30/h3-4,7-10,13-23,26,28H,2,5-6,11-12,24-25H2,1H3,(H,39,43)/t26-/m1/s1. The van der Waals surface area contributed by atoms with Gasteiger partial charge in [-0.15, -0.1) is 0 Å². The molecule has 5 rings (SSSR count). The molecule has 4 aromatic carbocycles. The van der Waals surface area contributed by atoms with Gasteiger partial charge in [-0.25, -0.2) is 8.42 Å². The van der Waals surface area contributed by atoms with Crippen molar-refractivity contribution in [2.45, 2.75) is 62.6 Å². The fraction of sp³-hybridized carbons (Fsp3) is 0.278. The van der Waals surface area contributed by atoms with E-state index in [1.54, 1.807) is 67.6 Å². The average molecular weight is 695 g/mol. The summed E-state index contributed by atoms with van der Waals surface area (Å²) in [7, 11) is -4.20. The van der Waals surface area contributed by atoms with E-state index in [-0.39, 0.29) is 29.1 Å². The number of carbonyl (C=O) groups excluding carboxylic acids is 2. The lowest BCUT2D eigenvalue weighted by molar-refractivity contribution is -0.139. The Hall–Kier alpha value is -4.05. The largest absolute Gasteiger partial charge is 0.457 e. The predicted octanol–water partition coefficient (Wildman–Crippen LogP) is 7.85. The van der Waals surface area contributed by atoms with Crippen LogP contribution >= 0.6 is 23.2 Å². The third kappa shape index (κ3) is 8.86. The van der Waals surface area contributed by atoms with Crippen molar-refractivity contribution in [2.24, 2.45) is 0 Å². The minimum Gasteiger partial charge on any atom is -0.457 e. The highest BCUT2D eigenvalue weighted by Crippen LogP contribution is 2.29. The monoisotopic (exact) mass is 693 g/mol. The maximum atomic E-state index is 14.3. The summed E-state index contributed by atoms with van der Waals surface area (Å²) in [6.07, 6.45) is 4.97. The first-order valence-corrected chi connectivity index (χ1v) is 17.8. The number of amides is 2. The third-order valence-electron chi connectivity index (χ3n) is 8.17. The number of halogens is 2. The van der Waals surface area contributed by atoms with Crippen molar-refractivity contribution in [1.82, 2.24) is 10.2 Å². The third-order valence-corrected chi connectivity index (χ3v) is 10.7. The van der Waals surface area contributed by atoms with E-state index in [1.165, 1.54) is 17.0 Å². The van der Waals surface area contributed by atoms with Crippen molar-refractivity contribution < 1.29 is 22.7 Å². The van der Waals surface area contributed by atoms with Gasteiger partial charge in [0.1, 0.15) is 24.1 Å². The molecule has 0 heterocycles. The molecule has 0 radical (unpaired) electrons. The summed E-state index contributed by atoms with van der Waals surface area (Å²) in [5, 5.41) is 3.77. The minimum atomic E-state index is -4.20. The summed E-state index contributed by atoms with van der Waals surface area (Å²) in [5.41, 5.74) is 0.904. The zero-order valence-electron chi connectivity index (χ0n) is 26.0. The first kappa shape index (κ1) is 34.3. The van der Waals surface area contributed by atoms with Crippen LogP contribution in [0.1, 0.15) is 44.6 Å². The number of benzene rings is 4. The summed E-state index contributed by atoms with van der Waals surface area (Å²) < 4.78 is 35.1. The number of carbonyl (C=O) groups is 2. The first-order valence-electron chi connectivity index (χ1n) is 15.6. The normalized spacial score (nSPS) is 14.2. The molecular formula is C36H37Cl2N3O5S. The van der Waals surface area contributed by atoms with E-state index in [1.807, 2.05) is 30.3 Å². The molecule has 0 bridgehead atoms. The SMILES string of the molecule is C[C@H](C(=O)NC1CCCCC1)N(Cc1ccc(Cl)c(Cl)c1)C(=O)CN(c1ccc(Oc2ccccc2)cc1)S(=O)(=O)c1ccccc1. The molecule has 0 spiro atoms. The van der Waals surface area contributed by atoms with Crippen LogP contribution in [-0.2, 0) is 26.2 Å². The molecule has 0 unspecified atom stereocenters. The molecule has 1 saturated carbocycles. The molecule has 0 aromatic heterocycles. The van der Waals surface area contributed by atoms with Gasteiger partial charge in [0.25, 0.3) is 10.0 Å². The number of nitrogens with zero attached hydrogens (tertiary/aromatic N) is 2. The first-order chi connectivity index (χ1) is 22.6. The number of ether oxygens (including phenoxy) is 1. The Morgan fingerprint density at radius 3 is 2.09 bits per heavy atom. The molecular weight excluding hydrogens is 657 g/mol. The molecule has 11 heteroatoms. The van der Waals surface area contributed by atoms with Crippen LogP contribution in [0.25, 0.3) is 0 Å². The van der Waals surface area contributed by atoms with Crippen LogP contribution in [0.3, 0.4) is 0 Å². The zero-order valence-corrected chi connectivity index (χ0v) is 28.3. The van der Waals surface area contributed by atoms with Crippen LogP contribution < -0.4 is 14.4 Å². The lowest BCUT2D eigenvalue weighted by Crippen LogP contribution is -2.53. The molecule has 1 fully saturated rings. The number of hydrogen-bond donors (Lipinski definition) is 1. The molecule has 1 aliphatic rings. The Morgan fingerprint density at radius 2 is 1.45 bits per heavy atom. The Bertz CT molecular complexity index is 1770. The van der Waals surface area contributed by atoms with E-state index in [2.05, 4.69) is 5.32 Å². The van der Waals surface area contributed by atoms with Crippen molar-refractivity contribution in [3.8, 4) is 11.5 Å². The summed E-state index contributed by atoms with van der Waals surface area (Å²) >= 11 is 12.4. The van der Waals surface area contributed by atoms with Gasteiger partial charge in [-0.1, -0.05) is 84.9 Å². The van der Waals surface area contributed by atoms with E-state index >= 15 is 0 Å². The van der Waals surface area contributed by atoms with Gasteiger partial charge in [0.05, 0.1) is 20.6 Å². The molecule has 1 atom stereocenters. The molecule has 0 aliphatic heterocycles. The highest BCUT2D eigenvalue weighted by molar-refractivity contribution is 7.92. The predicted molar refractivity (Wildman–Crippen MR) is 185 cm³/mol. The van der Waals surface area contributed by atoms with Gasteiger partial charge in [0.15, 0.2) is 0 Å². The molecule has 2 amide bonds. The van der Waals surface area contributed by atoms with Crippen LogP contribution in [0, 0.1) is 0 Å². The van der Waals surface area contributed by atoms with Crippen LogP contribution in [0.15, 0.2) is 108 Å². The molecule has 8 nitrogen and oxygen atoms in total. The van der Waals surface area contributed by atoms with Crippen LogP contribution in [0.5, 0.6) is 11.5 Å². The van der Waals surface area contributed by atoms with Gasteiger partial charge < -0.3 is 15.0 Å². The Labute approximate surface area is 286 Å². The lowest BCUT2D eigenvalue weighted by atomic mass is 9.95. The number of anilines is 1. The van der Waals surface area contributed by atoms with Crippen molar-refractivity contribution in [3.63, 3.8) is 0 Å². The van der Waals surface area contributed by atoms with Gasteiger partial charge in [-0.3, -0.25) is 13.9 Å². The second-order valence-corrected chi connectivity index (χ2v) is 14.2. The van der Waals surface area contributed by atoms with Crippen molar-refractivity contribution in [3.05, 3.63) is 119 Å². The smallest absolute Gasteiger partial charge is 0.264 e. The van der Waals surface area contributed by atoms with Gasteiger partial charge in [0, 0.05) is 12.6 Å². The van der Waals surface area contributed by atoms with Gasteiger partial charge in [0.2, 0.25) is 11.8 Å². The molecule has 246 valence electrons. The number of hydrogen-bond acceptors (Lipinski definition) is 5. The molecule has 1 N–H and O–H groups in total. The average Bonchev–Trinajstić information content (AvgIpc) is 3.09. The highest BCUT2D eigenvalue weighted by Gasteiger charge is 2.33. The molecule has 4 aromatic rings. The second kappa shape index (κ2) is 15.7. The highest BCUT2D eigenvalue weighted by atomic mass is 35.5. The van der Waals surface area contributed by atoms with Crippen LogP contribution in [0.2, 0.25) is 10.0 Å². The number of sulfonamides is 1. The van der Waals surface area contributed by atoms with Crippen LogP contribution in [0.4, 0.5) is 5.69 Å². The fourth-order valence-corrected chi connectivity index (χ4v) is 7.30. The zero-order chi connectivity index (χ0) is 33.4. The Kier molecular flexibility index (Phi) is 11.4. The van der Waals surface area contributed by atoms with E-state index in [9.17, 15) is 18.0 Å². The number of para-hydroxylation sites is 1. The van der Waals surface area contributed by atoms with Gasteiger partial charge >= 0.3 is 0 Å². The summed E-state index contributed by atoms with van der Waals surface area (Å²) in [4.78, 5) is 29.2. The lowest BCUT2D eigenvalue weighted by Gasteiger charge is -2.33. The number of nitrogens with one attached hydrogen (secondary N) is 1. The van der Waals surface area contributed by atoms with E-state index < -0.39 is 28.5 Å². The summed E-state index contributed by atoms with van der Waals surface area (Å²) in [6, 6.07) is 27.7. The maximum absolute atomic E-state index is 14.3. The van der Waals surface area contributed by atoms with E-state index in [0.717, 1.165) is 36.4 Å². The van der Waals surface area contributed by atoms with Crippen molar-refractivity contribution in [1.29, 1.82) is 0 Å². The number of rotatable bonds is 12. The minimum absolute atomic E-state index is 0.0120. The summed E-state index contributed by atoms with van der Waals surface area (Å²) in [5.74, 6) is 0.261. The second-order valence-electron chi connectivity index (χ2n) is 11.5.